The Kier molecular flexibility index (Phi) is 5.13. The minimum atomic E-state index is 0.656. The molecule has 1 atom stereocenters. The van der Waals surface area contributed by atoms with Gasteiger partial charge in [0.15, 0.2) is 5.82 Å². The van der Waals surface area contributed by atoms with Crippen molar-refractivity contribution in [3.63, 3.8) is 0 Å². The first kappa shape index (κ1) is 13.5. The first-order valence-electron chi connectivity index (χ1n) is 7.03. The monoisotopic (exact) mass is 252 g/mol. The summed E-state index contributed by atoms with van der Waals surface area (Å²) in [7, 11) is 0. The second-order valence-corrected chi connectivity index (χ2v) is 5.08. The Morgan fingerprint density at radius 1 is 1.50 bits per heavy atom. The van der Waals surface area contributed by atoms with Gasteiger partial charge in [0.25, 0.3) is 0 Å². The highest BCUT2D eigenvalue weighted by molar-refractivity contribution is 4.85. The van der Waals surface area contributed by atoms with Gasteiger partial charge in [-0.25, -0.2) is 0 Å². The summed E-state index contributed by atoms with van der Waals surface area (Å²) in [5.41, 5.74) is 0. The molecular weight excluding hydrogens is 228 g/mol. The highest BCUT2D eigenvalue weighted by Crippen LogP contribution is 2.11. The summed E-state index contributed by atoms with van der Waals surface area (Å²) in [5.74, 6) is 1.49. The molecule has 0 aromatic carbocycles. The molecule has 5 heteroatoms. The van der Waals surface area contributed by atoms with Gasteiger partial charge < -0.3 is 14.7 Å². The molecule has 1 unspecified atom stereocenters. The number of hydrogen-bond donors (Lipinski definition) is 1. The Morgan fingerprint density at radius 3 is 3.11 bits per heavy atom. The molecule has 0 bridgehead atoms. The lowest BCUT2D eigenvalue weighted by molar-refractivity contribution is 0.187. The second kappa shape index (κ2) is 6.85. The molecule has 2 heterocycles. The number of aryl methyl sites for hydroxylation is 1. The van der Waals surface area contributed by atoms with Crippen molar-refractivity contribution in [2.75, 3.05) is 26.2 Å². The molecule has 1 N–H and O–H groups in total. The fourth-order valence-electron chi connectivity index (χ4n) is 2.47. The van der Waals surface area contributed by atoms with E-state index in [1.165, 1.54) is 25.8 Å². The van der Waals surface area contributed by atoms with Gasteiger partial charge in [-0.05, 0) is 39.3 Å². The molecule has 0 amide bonds. The number of rotatable bonds is 6. The van der Waals surface area contributed by atoms with E-state index in [2.05, 4.69) is 27.3 Å². The summed E-state index contributed by atoms with van der Waals surface area (Å²) in [6, 6.07) is 0.656. The average molecular weight is 252 g/mol. The van der Waals surface area contributed by atoms with Crippen molar-refractivity contribution >= 4 is 0 Å². The molecule has 1 fully saturated rings. The van der Waals surface area contributed by atoms with E-state index in [4.69, 9.17) is 4.52 Å². The summed E-state index contributed by atoms with van der Waals surface area (Å²) in [5, 5.41) is 7.43. The molecule has 0 saturated carbocycles. The van der Waals surface area contributed by atoms with E-state index in [1.807, 2.05) is 6.92 Å². The van der Waals surface area contributed by atoms with Crippen molar-refractivity contribution in [1.82, 2.24) is 20.4 Å². The van der Waals surface area contributed by atoms with Crippen LogP contribution in [0.3, 0.4) is 0 Å². The number of nitrogens with one attached hydrogen (secondary N) is 1. The average Bonchev–Trinajstić information content (AvgIpc) is 2.80. The molecule has 0 radical (unpaired) electrons. The van der Waals surface area contributed by atoms with Gasteiger partial charge in [-0.15, -0.1) is 0 Å². The summed E-state index contributed by atoms with van der Waals surface area (Å²) < 4.78 is 5.14. The molecule has 1 aliphatic heterocycles. The van der Waals surface area contributed by atoms with Gasteiger partial charge in [0, 0.05) is 25.6 Å². The number of aromatic nitrogens is 2. The van der Waals surface area contributed by atoms with E-state index >= 15 is 0 Å². The molecule has 18 heavy (non-hydrogen) atoms. The van der Waals surface area contributed by atoms with Crippen LogP contribution in [0.25, 0.3) is 0 Å². The first-order valence-corrected chi connectivity index (χ1v) is 7.03. The van der Waals surface area contributed by atoms with Crippen molar-refractivity contribution < 1.29 is 4.52 Å². The van der Waals surface area contributed by atoms with Crippen LogP contribution in [0.5, 0.6) is 0 Å². The fraction of sp³-hybridized carbons (Fsp3) is 0.846. The Labute approximate surface area is 109 Å². The minimum Gasteiger partial charge on any atom is -0.339 e. The van der Waals surface area contributed by atoms with Crippen molar-refractivity contribution in [3.8, 4) is 0 Å². The van der Waals surface area contributed by atoms with Gasteiger partial charge in [0.2, 0.25) is 5.89 Å². The van der Waals surface area contributed by atoms with E-state index < -0.39 is 0 Å². The molecule has 1 aliphatic rings. The Balaban J connectivity index is 1.72. The summed E-state index contributed by atoms with van der Waals surface area (Å²) in [6.45, 7) is 8.56. The van der Waals surface area contributed by atoms with Crippen LogP contribution in [-0.4, -0.2) is 47.3 Å². The zero-order chi connectivity index (χ0) is 12.8. The topological polar surface area (TPSA) is 54.2 Å². The molecule has 1 aromatic heterocycles. The smallest absolute Gasteiger partial charge is 0.227 e. The molecule has 5 nitrogen and oxygen atoms in total. The zero-order valence-corrected chi connectivity index (χ0v) is 11.5. The molecule has 0 spiro atoms. The van der Waals surface area contributed by atoms with E-state index in [0.29, 0.717) is 6.04 Å². The van der Waals surface area contributed by atoms with E-state index in [9.17, 15) is 0 Å². The number of piperidine rings is 1. The molecule has 102 valence electrons. The second-order valence-electron chi connectivity index (χ2n) is 5.08. The predicted octanol–water partition coefficient (Wildman–Crippen LogP) is 1.38. The summed E-state index contributed by atoms with van der Waals surface area (Å²) >= 11 is 0. The largest absolute Gasteiger partial charge is 0.339 e. The van der Waals surface area contributed by atoms with E-state index in [-0.39, 0.29) is 0 Å². The lowest BCUT2D eigenvalue weighted by Gasteiger charge is -2.32. The lowest BCUT2D eigenvalue weighted by Crippen LogP contribution is -2.46. The quantitative estimate of drug-likeness (QED) is 0.829. The van der Waals surface area contributed by atoms with E-state index in [1.54, 1.807) is 0 Å². The maximum absolute atomic E-state index is 5.14. The normalized spacial score (nSPS) is 21.3. The van der Waals surface area contributed by atoms with Crippen LogP contribution in [0.2, 0.25) is 0 Å². The van der Waals surface area contributed by atoms with Crippen molar-refractivity contribution in [2.45, 2.75) is 45.6 Å². The van der Waals surface area contributed by atoms with Crippen LogP contribution >= 0.6 is 0 Å². The van der Waals surface area contributed by atoms with Crippen molar-refractivity contribution in [2.24, 2.45) is 0 Å². The zero-order valence-electron chi connectivity index (χ0n) is 11.5. The van der Waals surface area contributed by atoms with Crippen molar-refractivity contribution in [1.29, 1.82) is 0 Å². The van der Waals surface area contributed by atoms with Crippen LogP contribution in [0.1, 0.15) is 37.9 Å². The van der Waals surface area contributed by atoms with Crippen molar-refractivity contribution in [3.05, 3.63) is 11.7 Å². The first-order chi connectivity index (χ1) is 8.78. The minimum absolute atomic E-state index is 0.656. The SMILES string of the molecule is CCCNC1CCCN(CCc2nc(C)no2)C1. The number of hydrogen-bond acceptors (Lipinski definition) is 5. The third-order valence-electron chi connectivity index (χ3n) is 3.40. The summed E-state index contributed by atoms with van der Waals surface area (Å²) in [4.78, 5) is 6.74. The Bertz CT molecular complexity index is 353. The van der Waals surface area contributed by atoms with Crippen LogP contribution in [0.4, 0.5) is 0 Å². The Morgan fingerprint density at radius 2 is 2.39 bits per heavy atom. The van der Waals surface area contributed by atoms with Crippen LogP contribution < -0.4 is 5.32 Å². The molecule has 1 aromatic rings. The van der Waals surface area contributed by atoms with Gasteiger partial charge in [-0.2, -0.15) is 4.98 Å². The molecule has 1 saturated heterocycles. The predicted molar refractivity (Wildman–Crippen MR) is 70.5 cm³/mol. The standard InChI is InChI=1S/C13H24N4O/c1-3-7-14-12-5-4-8-17(10-12)9-6-13-15-11(2)16-18-13/h12,14H,3-10H2,1-2H3. The maximum atomic E-state index is 5.14. The van der Waals surface area contributed by atoms with Gasteiger partial charge >= 0.3 is 0 Å². The van der Waals surface area contributed by atoms with E-state index in [0.717, 1.165) is 37.8 Å². The third kappa shape index (κ3) is 4.07. The third-order valence-corrected chi connectivity index (χ3v) is 3.40. The van der Waals surface area contributed by atoms with Gasteiger partial charge in [0.05, 0.1) is 0 Å². The van der Waals surface area contributed by atoms with Crippen LogP contribution in [-0.2, 0) is 6.42 Å². The lowest BCUT2D eigenvalue weighted by atomic mass is 10.1. The number of likely N-dealkylation sites (tertiary alicyclic amines) is 1. The van der Waals surface area contributed by atoms with Crippen LogP contribution in [0.15, 0.2) is 4.52 Å². The fourth-order valence-corrected chi connectivity index (χ4v) is 2.47. The molecular formula is C13H24N4O. The molecule has 0 aliphatic carbocycles. The highest BCUT2D eigenvalue weighted by Gasteiger charge is 2.19. The molecule has 2 rings (SSSR count). The van der Waals surface area contributed by atoms with Gasteiger partial charge in [0.1, 0.15) is 0 Å². The Hall–Kier alpha value is -0.940. The van der Waals surface area contributed by atoms with Crippen LogP contribution in [0, 0.1) is 6.92 Å². The van der Waals surface area contributed by atoms with Gasteiger partial charge in [-0.3, -0.25) is 0 Å². The van der Waals surface area contributed by atoms with Gasteiger partial charge in [-0.1, -0.05) is 12.1 Å². The maximum Gasteiger partial charge on any atom is 0.227 e. The number of nitrogens with zero attached hydrogens (tertiary/aromatic N) is 3. The highest BCUT2D eigenvalue weighted by atomic mass is 16.5. The summed E-state index contributed by atoms with van der Waals surface area (Å²) in [6.07, 6.45) is 4.65.